The number of anilines is 1. The fourth-order valence-corrected chi connectivity index (χ4v) is 6.65. The number of aromatic carboxylic acids is 1. The lowest BCUT2D eigenvalue weighted by Gasteiger charge is -2.08. The lowest BCUT2D eigenvalue weighted by atomic mass is 10.0. The maximum atomic E-state index is 12.7. The number of hydrogen-bond acceptors (Lipinski definition) is 6. The molecular weight excluding hydrogens is 673 g/mol. The molecule has 5 rings (SSSR count). The lowest BCUT2D eigenvalue weighted by Crippen LogP contribution is -2.24. The number of rotatable bonds is 6. The zero-order chi connectivity index (χ0) is 26.4. The molecule has 0 aliphatic rings. The smallest absolute Gasteiger partial charge is 0.339 e. The van der Waals surface area contributed by atoms with Crippen LogP contribution in [0.5, 0.6) is 5.75 Å². The van der Waals surface area contributed by atoms with E-state index in [2.05, 4.69) is 48.8 Å². The number of aromatic nitrogens is 2. The monoisotopic (exact) mass is 689 g/mol. The van der Waals surface area contributed by atoms with Gasteiger partial charge in [-0.15, -0.1) is 0 Å². The molecule has 0 bridgehead atoms. The Morgan fingerprint density at radius 3 is 2.68 bits per heavy atom. The fraction of sp³-hybridized carbons (Fsp3) is 0.0769. The minimum absolute atomic E-state index is 0.0966. The molecule has 0 spiro atoms. The highest BCUT2D eigenvalue weighted by Gasteiger charge is 2.21. The van der Waals surface area contributed by atoms with Crippen LogP contribution in [0.25, 0.3) is 32.4 Å². The Kier molecular flexibility index (Phi) is 6.77. The highest BCUT2D eigenvalue weighted by atomic mass is 127. The summed E-state index contributed by atoms with van der Waals surface area (Å²) in [7, 11) is 1.82. The summed E-state index contributed by atoms with van der Waals surface area (Å²) in [6.45, 7) is 0. The van der Waals surface area contributed by atoms with E-state index in [-0.39, 0.29) is 17.7 Å². The predicted molar refractivity (Wildman–Crippen MR) is 154 cm³/mol. The first-order valence-corrected chi connectivity index (χ1v) is 13.5. The number of aryl methyl sites for hydroxylation is 1. The van der Waals surface area contributed by atoms with Crippen LogP contribution in [0, 0.1) is 3.57 Å². The first-order valence-electron chi connectivity index (χ1n) is 10.9. The number of nitrogens with one attached hydrogen (secondary N) is 1. The average molecular weight is 690 g/mol. The number of carbonyl (C=O) groups excluding carboxylic acids is 2. The maximum absolute atomic E-state index is 12.7. The maximum Gasteiger partial charge on any atom is 0.339 e. The zero-order valence-corrected chi connectivity index (χ0v) is 23.6. The van der Waals surface area contributed by atoms with E-state index in [0.717, 1.165) is 29.5 Å². The summed E-state index contributed by atoms with van der Waals surface area (Å²) in [5.74, 6) is -2.85. The molecule has 3 aromatic carbocycles. The molecule has 0 saturated heterocycles. The van der Waals surface area contributed by atoms with Gasteiger partial charge in [0, 0.05) is 33.0 Å². The molecule has 0 saturated carbocycles. The molecule has 2 heterocycles. The van der Waals surface area contributed by atoms with Crippen LogP contribution in [0.15, 0.2) is 59.1 Å². The van der Waals surface area contributed by atoms with Gasteiger partial charge in [-0.1, -0.05) is 45.5 Å². The van der Waals surface area contributed by atoms with E-state index in [1.165, 1.54) is 23.5 Å². The van der Waals surface area contributed by atoms with Crippen molar-refractivity contribution in [3.05, 3.63) is 73.8 Å². The number of benzene rings is 3. The number of thiazole rings is 1. The number of carboxylic acid groups (broad SMARTS) is 1. The van der Waals surface area contributed by atoms with Gasteiger partial charge in [0.2, 0.25) is 5.78 Å². The summed E-state index contributed by atoms with van der Waals surface area (Å²) < 4.78 is 4.46. The molecule has 0 aliphatic heterocycles. The van der Waals surface area contributed by atoms with E-state index >= 15 is 0 Å². The summed E-state index contributed by atoms with van der Waals surface area (Å²) in [4.78, 5) is 41.1. The van der Waals surface area contributed by atoms with Crippen molar-refractivity contribution < 1.29 is 24.6 Å². The molecule has 37 heavy (non-hydrogen) atoms. The number of nitrogens with zero attached hydrogens (tertiary/aromatic N) is 2. The summed E-state index contributed by atoms with van der Waals surface area (Å²) in [5, 5.41) is 23.2. The number of phenols is 1. The molecule has 0 aliphatic carbocycles. The van der Waals surface area contributed by atoms with Gasteiger partial charge in [0.05, 0.1) is 21.4 Å². The van der Waals surface area contributed by atoms with Crippen LogP contribution in [0.3, 0.4) is 0 Å². The van der Waals surface area contributed by atoms with Crippen molar-refractivity contribution in [1.29, 1.82) is 0 Å². The number of halogens is 2. The Balaban J connectivity index is 1.40. The first kappa shape index (κ1) is 25.4. The van der Waals surface area contributed by atoms with Gasteiger partial charge in [-0.25, -0.2) is 9.78 Å². The fourth-order valence-electron chi connectivity index (χ4n) is 4.13. The van der Waals surface area contributed by atoms with Crippen LogP contribution < -0.4 is 5.32 Å². The minimum atomic E-state index is -1.21. The van der Waals surface area contributed by atoms with Crippen molar-refractivity contribution >= 4 is 93.8 Å². The third-order valence-electron chi connectivity index (χ3n) is 5.87. The molecule has 3 N–H and O–H groups in total. The molecule has 11 heteroatoms. The Labute approximate surface area is 236 Å². The number of aromatic hydroxyl groups is 1. The van der Waals surface area contributed by atoms with E-state index in [4.69, 9.17) is 0 Å². The number of hydrogen-bond donors (Lipinski definition) is 3. The van der Waals surface area contributed by atoms with E-state index in [1.54, 1.807) is 12.1 Å². The topological polar surface area (TPSA) is 122 Å². The Morgan fingerprint density at radius 1 is 1.14 bits per heavy atom. The van der Waals surface area contributed by atoms with Crippen molar-refractivity contribution in [1.82, 2.24) is 9.55 Å². The second-order valence-electron chi connectivity index (χ2n) is 8.30. The van der Waals surface area contributed by atoms with Crippen molar-refractivity contribution in [2.24, 2.45) is 7.05 Å². The molecule has 0 atom stereocenters. The van der Waals surface area contributed by atoms with Crippen molar-refractivity contribution in [2.45, 2.75) is 6.42 Å². The van der Waals surface area contributed by atoms with Gasteiger partial charge in [0.25, 0.3) is 5.91 Å². The quantitative estimate of drug-likeness (QED) is 0.149. The Hall–Kier alpha value is -3.29. The van der Waals surface area contributed by atoms with Gasteiger partial charge in [0.15, 0.2) is 5.13 Å². The number of fused-ring (bicyclic) bond motifs is 2. The van der Waals surface area contributed by atoms with Gasteiger partial charge in [-0.05, 0) is 64.0 Å². The number of ketones is 1. The van der Waals surface area contributed by atoms with Crippen molar-refractivity contribution in [3.8, 4) is 17.0 Å². The molecule has 1 amide bonds. The summed E-state index contributed by atoms with van der Waals surface area (Å²) in [6.07, 6.45) is -0.0966. The number of Topliss-reactive ketones (excluding diaryl/α,β-unsaturated/α-hetero) is 1. The molecule has 0 fully saturated rings. The number of amides is 1. The van der Waals surface area contributed by atoms with Gasteiger partial charge >= 0.3 is 5.97 Å². The second kappa shape index (κ2) is 9.88. The molecule has 0 unspecified atom stereocenters. The van der Waals surface area contributed by atoms with E-state index < -0.39 is 17.7 Å². The molecule has 0 radical (unpaired) electrons. The molecular formula is C26H17BrIN3O5S. The van der Waals surface area contributed by atoms with E-state index in [0.29, 0.717) is 21.6 Å². The second-order valence-corrected chi connectivity index (χ2v) is 11.3. The summed E-state index contributed by atoms with van der Waals surface area (Å²) >= 11 is 6.84. The number of carboxylic acids is 1. The largest absolute Gasteiger partial charge is 0.507 e. The first-order chi connectivity index (χ1) is 17.6. The van der Waals surface area contributed by atoms with Crippen molar-refractivity contribution in [2.75, 3.05) is 5.32 Å². The molecule has 5 aromatic rings. The third-order valence-corrected chi connectivity index (χ3v) is 8.39. The third kappa shape index (κ3) is 4.86. The molecule has 8 nitrogen and oxygen atoms in total. The number of carbonyl (C=O) groups is 3. The highest BCUT2D eigenvalue weighted by molar-refractivity contribution is 14.1. The Bertz CT molecular complexity index is 1760. The summed E-state index contributed by atoms with van der Waals surface area (Å²) in [6, 6.07) is 15.8. The van der Waals surface area contributed by atoms with Gasteiger partial charge in [-0.3, -0.25) is 14.9 Å². The van der Waals surface area contributed by atoms with Crippen LogP contribution in [0.2, 0.25) is 0 Å². The Morgan fingerprint density at radius 2 is 1.92 bits per heavy atom. The SMILES string of the molecule is Cn1c(-c2cccc(CC(=O)C(=O)Nc3nc4ccc(Br)cc4s3)c2)c(I)c2cc(C(=O)O)c(O)cc21. The normalized spacial score (nSPS) is 11.2. The predicted octanol–water partition coefficient (Wildman–Crippen LogP) is 5.98. The van der Waals surface area contributed by atoms with E-state index in [1.807, 2.05) is 41.9 Å². The average Bonchev–Trinajstić information content (AvgIpc) is 3.35. The van der Waals surface area contributed by atoms with E-state index in [9.17, 15) is 24.6 Å². The van der Waals surface area contributed by atoms with Crippen LogP contribution in [0.1, 0.15) is 15.9 Å². The molecule has 2 aromatic heterocycles. The lowest BCUT2D eigenvalue weighted by molar-refractivity contribution is -0.134. The van der Waals surface area contributed by atoms with Crippen LogP contribution in [-0.2, 0) is 23.1 Å². The highest BCUT2D eigenvalue weighted by Crippen LogP contribution is 2.37. The summed E-state index contributed by atoms with van der Waals surface area (Å²) in [5.41, 5.74) is 3.48. The zero-order valence-electron chi connectivity index (χ0n) is 19.1. The van der Waals surface area contributed by atoms with Crippen LogP contribution in [0.4, 0.5) is 5.13 Å². The minimum Gasteiger partial charge on any atom is -0.507 e. The standard InChI is InChI=1S/C26H17BrIN3O5S/c1-31-18-11-19(32)16(25(35)36)10-15(18)22(28)23(31)13-4-2-3-12(7-13)8-20(33)24(34)30-26-29-17-6-5-14(27)9-21(17)37-26/h2-7,9-11,32H,8H2,1H3,(H,35,36)(H,29,30,34). The van der Waals surface area contributed by atoms with Crippen LogP contribution in [-0.4, -0.2) is 37.4 Å². The van der Waals surface area contributed by atoms with Gasteiger partial charge in [-0.2, -0.15) is 0 Å². The van der Waals surface area contributed by atoms with Crippen LogP contribution >= 0.6 is 49.9 Å². The van der Waals surface area contributed by atoms with Crippen molar-refractivity contribution in [3.63, 3.8) is 0 Å². The van der Waals surface area contributed by atoms with Gasteiger partial charge < -0.3 is 14.8 Å². The molecule has 186 valence electrons. The van der Waals surface area contributed by atoms with Gasteiger partial charge in [0.1, 0.15) is 11.3 Å².